The minimum Gasteiger partial charge on any atom is -0.493 e. The average Bonchev–Trinajstić information content (AvgIpc) is 2.73. The number of anilines is 1. The summed E-state index contributed by atoms with van der Waals surface area (Å²) in [7, 11) is 0. The van der Waals surface area contributed by atoms with E-state index in [4.69, 9.17) is 9.47 Å². The van der Waals surface area contributed by atoms with Gasteiger partial charge < -0.3 is 19.9 Å². The number of aromatic carboxylic acids is 1. The Morgan fingerprint density at radius 3 is 2.69 bits per heavy atom. The summed E-state index contributed by atoms with van der Waals surface area (Å²) in [6.07, 6.45) is 2.59. The third-order valence-electron chi connectivity index (χ3n) is 5.16. The molecule has 0 spiro atoms. The molecule has 0 saturated carbocycles. The molecule has 0 atom stereocenters. The zero-order valence-corrected chi connectivity index (χ0v) is 16.6. The molecule has 0 aliphatic carbocycles. The van der Waals surface area contributed by atoms with Gasteiger partial charge >= 0.3 is 5.97 Å². The van der Waals surface area contributed by atoms with Gasteiger partial charge in [0.25, 0.3) is 0 Å². The molecule has 1 heterocycles. The van der Waals surface area contributed by atoms with E-state index >= 15 is 0 Å². The standard InChI is InChI=1S/C23H27NO5/c1-16-6-8-19(14-21(16)29-15-17-10-12-28-13-11-17)24-22(25)9-7-18-4-2-3-5-20(18)23(26)27/h2-6,8,14,17H,7,9-13,15H2,1H3,(H,24,25)(H,26,27). The van der Waals surface area contributed by atoms with Crippen molar-refractivity contribution in [3.63, 3.8) is 0 Å². The van der Waals surface area contributed by atoms with Gasteiger partial charge in [0.05, 0.1) is 12.2 Å². The van der Waals surface area contributed by atoms with Crippen molar-refractivity contribution in [2.75, 3.05) is 25.1 Å². The smallest absolute Gasteiger partial charge is 0.335 e. The van der Waals surface area contributed by atoms with Crippen molar-refractivity contribution in [3.05, 3.63) is 59.2 Å². The van der Waals surface area contributed by atoms with Gasteiger partial charge in [-0.15, -0.1) is 0 Å². The number of aryl methyl sites for hydroxylation is 2. The molecule has 0 aromatic heterocycles. The highest BCUT2D eigenvalue weighted by Gasteiger charge is 2.15. The van der Waals surface area contributed by atoms with Gasteiger partial charge in [-0.3, -0.25) is 4.79 Å². The monoisotopic (exact) mass is 397 g/mol. The first-order valence-corrected chi connectivity index (χ1v) is 9.95. The minimum atomic E-state index is -0.981. The maximum Gasteiger partial charge on any atom is 0.335 e. The molecule has 3 rings (SSSR count). The molecule has 1 aliphatic heterocycles. The number of carboxylic acids is 1. The van der Waals surface area contributed by atoms with Crippen LogP contribution in [0.1, 0.15) is 40.7 Å². The summed E-state index contributed by atoms with van der Waals surface area (Å²) in [5, 5.41) is 12.1. The molecule has 29 heavy (non-hydrogen) atoms. The van der Waals surface area contributed by atoms with Gasteiger partial charge in [-0.2, -0.15) is 0 Å². The maximum absolute atomic E-state index is 12.4. The van der Waals surface area contributed by atoms with Crippen LogP contribution in [0.25, 0.3) is 0 Å². The SMILES string of the molecule is Cc1ccc(NC(=O)CCc2ccccc2C(=O)O)cc1OCC1CCOCC1. The molecule has 6 heteroatoms. The largest absolute Gasteiger partial charge is 0.493 e. The summed E-state index contributed by atoms with van der Waals surface area (Å²) in [5.74, 6) is 0.122. The minimum absolute atomic E-state index is 0.163. The number of rotatable bonds is 8. The first-order valence-electron chi connectivity index (χ1n) is 9.95. The predicted molar refractivity (Wildman–Crippen MR) is 111 cm³/mol. The van der Waals surface area contributed by atoms with Crippen molar-refractivity contribution in [1.82, 2.24) is 0 Å². The summed E-state index contributed by atoms with van der Waals surface area (Å²) < 4.78 is 11.4. The summed E-state index contributed by atoms with van der Waals surface area (Å²) >= 11 is 0. The van der Waals surface area contributed by atoms with Crippen LogP contribution in [0, 0.1) is 12.8 Å². The molecule has 1 aliphatic rings. The number of nitrogens with one attached hydrogen (secondary N) is 1. The number of carbonyl (C=O) groups is 2. The zero-order chi connectivity index (χ0) is 20.6. The normalized spacial score (nSPS) is 14.4. The van der Waals surface area contributed by atoms with Gasteiger partial charge in [-0.1, -0.05) is 24.3 Å². The highest BCUT2D eigenvalue weighted by molar-refractivity contribution is 5.92. The molecule has 0 radical (unpaired) electrons. The topological polar surface area (TPSA) is 84.9 Å². The maximum atomic E-state index is 12.4. The summed E-state index contributed by atoms with van der Waals surface area (Å²) in [6, 6.07) is 12.4. The van der Waals surface area contributed by atoms with Gasteiger partial charge in [0.1, 0.15) is 5.75 Å². The number of hydrogen-bond donors (Lipinski definition) is 2. The Kier molecular flexibility index (Phi) is 7.25. The van der Waals surface area contributed by atoms with Gasteiger partial charge in [0.2, 0.25) is 5.91 Å². The molecule has 6 nitrogen and oxygen atoms in total. The van der Waals surface area contributed by atoms with E-state index < -0.39 is 5.97 Å². The first-order chi connectivity index (χ1) is 14.0. The second kappa shape index (κ2) is 10.1. The number of ether oxygens (including phenoxy) is 2. The number of amides is 1. The fraction of sp³-hybridized carbons (Fsp3) is 0.391. The molecule has 0 unspecified atom stereocenters. The molecular weight excluding hydrogens is 370 g/mol. The second-order valence-corrected chi connectivity index (χ2v) is 7.36. The van der Waals surface area contributed by atoms with Crippen LogP contribution in [0.3, 0.4) is 0 Å². The lowest BCUT2D eigenvalue weighted by Gasteiger charge is -2.22. The number of hydrogen-bond acceptors (Lipinski definition) is 4. The lowest BCUT2D eigenvalue weighted by Crippen LogP contribution is -2.21. The van der Waals surface area contributed by atoms with Crippen LogP contribution in [-0.2, 0) is 16.0 Å². The Morgan fingerprint density at radius 1 is 1.17 bits per heavy atom. The molecule has 0 bridgehead atoms. The van der Waals surface area contributed by atoms with E-state index in [0.717, 1.165) is 37.4 Å². The lowest BCUT2D eigenvalue weighted by molar-refractivity contribution is -0.116. The van der Waals surface area contributed by atoms with Gasteiger partial charge in [-0.05, 0) is 55.4 Å². The Balaban J connectivity index is 1.55. The van der Waals surface area contributed by atoms with Crippen LogP contribution in [0.5, 0.6) is 5.75 Å². The number of benzene rings is 2. The van der Waals surface area contributed by atoms with Crippen LogP contribution in [-0.4, -0.2) is 36.8 Å². The Hall–Kier alpha value is -2.86. The molecule has 1 amide bonds. The van der Waals surface area contributed by atoms with Crippen LogP contribution in [0.15, 0.2) is 42.5 Å². The third kappa shape index (κ3) is 6.06. The van der Waals surface area contributed by atoms with E-state index in [2.05, 4.69) is 5.32 Å². The summed E-state index contributed by atoms with van der Waals surface area (Å²) in [4.78, 5) is 23.6. The van der Waals surface area contributed by atoms with Crippen molar-refractivity contribution >= 4 is 17.6 Å². The van der Waals surface area contributed by atoms with Crippen molar-refractivity contribution in [3.8, 4) is 5.75 Å². The number of carboxylic acid groups (broad SMARTS) is 1. The fourth-order valence-electron chi connectivity index (χ4n) is 3.37. The van der Waals surface area contributed by atoms with E-state index in [9.17, 15) is 14.7 Å². The summed E-state index contributed by atoms with van der Waals surface area (Å²) in [5.41, 5.74) is 2.58. The van der Waals surface area contributed by atoms with E-state index in [1.54, 1.807) is 24.3 Å². The molecule has 2 aromatic carbocycles. The lowest BCUT2D eigenvalue weighted by atomic mass is 10.0. The molecule has 1 saturated heterocycles. The Labute approximate surface area is 170 Å². The summed E-state index contributed by atoms with van der Waals surface area (Å²) in [6.45, 7) is 4.20. The number of carbonyl (C=O) groups excluding carboxylic acids is 1. The van der Waals surface area contributed by atoms with Crippen LogP contribution >= 0.6 is 0 Å². The highest BCUT2D eigenvalue weighted by atomic mass is 16.5. The van der Waals surface area contributed by atoms with Crippen molar-refractivity contribution in [1.29, 1.82) is 0 Å². The van der Waals surface area contributed by atoms with Crippen LogP contribution in [0.4, 0.5) is 5.69 Å². The molecule has 154 valence electrons. The highest BCUT2D eigenvalue weighted by Crippen LogP contribution is 2.25. The molecule has 1 fully saturated rings. The van der Waals surface area contributed by atoms with Crippen molar-refractivity contribution < 1.29 is 24.2 Å². The van der Waals surface area contributed by atoms with Gasteiger partial charge in [-0.25, -0.2) is 4.79 Å². The van der Waals surface area contributed by atoms with Crippen molar-refractivity contribution in [2.45, 2.75) is 32.6 Å². The van der Waals surface area contributed by atoms with Gasteiger partial charge in [0.15, 0.2) is 0 Å². The van der Waals surface area contributed by atoms with E-state index in [1.807, 2.05) is 25.1 Å². The second-order valence-electron chi connectivity index (χ2n) is 7.36. The Bertz CT molecular complexity index is 858. The zero-order valence-electron chi connectivity index (χ0n) is 16.6. The first kappa shape index (κ1) is 20.9. The van der Waals surface area contributed by atoms with Crippen molar-refractivity contribution in [2.24, 2.45) is 5.92 Å². The van der Waals surface area contributed by atoms with E-state index in [-0.39, 0.29) is 17.9 Å². The predicted octanol–water partition coefficient (Wildman–Crippen LogP) is 4.07. The third-order valence-corrected chi connectivity index (χ3v) is 5.16. The van der Waals surface area contributed by atoms with Gasteiger partial charge in [0, 0.05) is 31.4 Å². The van der Waals surface area contributed by atoms with Crippen LogP contribution in [0.2, 0.25) is 0 Å². The van der Waals surface area contributed by atoms with E-state index in [1.165, 1.54) is 0 Å². The Morgan fingerprint density at radius 2 is 1.93 bits per heavy atom. The quantitative estimate of drug-likeness (QED) is 0.701. The molecule has 2 aromatic rings. The average molecular weight is 397 g/mol. The fourth-order valence-corrected chi connectivity index (χ4v) is 3.37. The molecular formula is C23H27NO5. The van der Waals surface area contributed by atoms with E-state index in [0.29, 0.717) is 30.2 Å². The van der Waals surface area contributed by atoms with Crippen LogP contribution < -0.4 is 10.1 Å². The molecule has 2 N–H and O–H groups in total.